The van der Waals surface area contributed by atoms with E-state index in [2.05, 4.69) is 37.1 Å². The van der Waals surface area contributed by atoms with Crippen molar-refractivity contribution in [2.24, 2.45) is 0 Å². The first-order chi connectivity index (χ1) is 9.58. The number of carbonyl (C=O) groups excluding carboxylic acids is 1. The van der Waals surface area contributed by atoms with Crippen molar-refractivity contribution in [1.82, 2.24) is 4.90 Å². The molecule has 1 aromatic rings. The normalized spacial score (nSPS) is 10.8. The van der Waals surface area contributed by atoms with E-state index in [1.165, 1.54) is 5.56 Å². The van der Waals surface area contributed by atoms with Crippen LogP contribution in [0, 0.1) is 13.8 Å². The molecule has 3 nitrogen and oxygen atoms in total. The molecule has 0 unspecified atom stereocenters. The number of hydrogen-bond donors (Lipinski definition) is 1. The summed E-state index contributed by atoms with van der Waals surface area (Å²) in [6.07, 6.45) is 2.84. The molecule has 0 atom stereocenters. The number of nitrogens with zero attached hydrogens (tertiary/aromatic N) is 1. The fourth-order valence-electron chi connectivity index (χ4n) is 2.33. The number of aryl methyl sites for hydroxylation is 1. The minimum Gasteiger partial charge on any atom is -0.326 e. The summed E-state index contributed by atoms with van der Waals surface area (Å²) in [6.45, 7) is 11.5. The SMILES string of the molecule is CCCN(CCC)CCC(=O)Nc1cccc(C)c1C. The number of carbonyl (C=O) groups is 1. The minimum absolute atomic E-state index is 0.107. The van der Waals surface area contributed by atoms with Crippen LogP contribution < -0.4 is 5.32 Å². The summed E-state index contributed by atoms with van der Waals surface area (Å²) in [6, 6.07) is 6.02. The third kappa shape index (κ3) is 5.33. The van der Waals surface area contributed by atoms with E-state index < -0.39 is 0 Å². The lowest BCUT2D eigenvalue weighted by Gasteiger charge is -2.20. The van der Waals surface area contributed by atoms with Gasteiger partial charge in [-0.1, -0.05) is 26.0 Å². The summed E-state index contributed by atoms with van der Waals surface area (Å²) in [7, 11) is 0. The summed E-state index contributed by atoms with van der Waals surface area (Å²) in [5.41, 5.74) is 3.30. The van der Waals surface area contributed by atoms with Crippen molar-refractivity contribution in [3.05, 3.63) is 29.3 Å². The quantitative estimate of drug-likeness (QED) is 0.784. The molecule has 112 valence electrons. The summed E-state index contributed by atoms with van der Waals surface area (Å²) in [5, 5.41) is 3.03. The van der Waals surface area contributed by atoms with Crippen molar-refractivity contribution in [3.63, 3.8) is 0 Å². The fourth-order valence-corrected chi connectivity index (χ4v) is 2.33. The zero-order valence-electron chi connectivity index (χ0n) is 13.3. The first kappa shape index (κ1) is 16.7. The van der Waals surface area contributed by atoms with Crippen LogP contribution in [0.25, 0.3) is 0 Å². The van der Waals surface area contributed by atoms with Gasteiger partial charge in [0.1, 0.15) is 0 Å². The lowest BCUT2D eigenvalue weighted by atomic mass is 10.1. The molecule has 0 aromatic heterocycles. The van der Waals surface area contributed by atoms with Crippen molar-refractivity contribution in [1.29, 1.82) is 0 Å². The predicted octanol–water partition coefficient (Wildman–Crippen LogP) is 3.75. The Hall–Kier alpha value is -1.35. The highest BCUT2D eigenvalue weighted by molar-refractivity contribution is 5.91. The van der Waals surface area contributed by atoms with E-state index in [1.54, 1.807) is 0 Å². The average molecular weight is 276 g/mol. The van der Waals surface area contributed by atoms with Gasteiger partial charge < -0.3 is 10.2 Å². The Bertz CT molecular complexity index is 423. The van der Waals surface area contributed by atoms with E-state index in [9.17, 15) is 4.79 Å². The zero-order valence-corrected chi connectivity index (χ0v) is 13.3. The second kappa shape index (κ2) is 8.75. The van der Waals surface area contributed by atoms with Crippen molar-refractivity contribution >= 4 is 11.6 Å². The second-order valence-electron chi connectivity index (χ2n) is 5.39. The fraction of sp³-hybridized carbons (Fsp3) is 0.588. The van der Waals surface area contributed by atoms with Gasteiger partial charge in [-0.25, -0.2) is 0 Å². The van der Waals surface area contributed by atoms with Gasteiger partial charge in [0.2, 0.25) is 5.91 Å². The molecule has 0 fully saturated rings. The largest absolute Gasteiger partial charge is 0.326 e. The molecule has 1 aromatic carbocycles. The molecule has 1 rings (SSSR count). The molecular formula is C17H28N2O. The lowest BCUT2D eigenvalue weighted by molar-refractivity contribution is -0.116. The number of anilines is 1. The van der Waals surface area contributed by atoms with Gasteiger partial charge in [0.05, 0.1) is 0 Å². The molecule has 20 heavy (non-hydrogen) atoms. The Morgan fingerprint density at radius 1 is 1.10 bits per heavy atom. The molecule has 0 aliphatic heterocycles. The van der Waals surface area contributed by atoms with Gasteiger partial charge in [0.15, 0.2) is 0 Å². The number of rotatable bonds is 8. The second-order valence-corrected chi connectivity index (χ2v) is 5.39. The highest BCUT2D eigenvalue weighted by atomic mass is 16.1. The van der Waals surface area contributed by atoms with Crippen molar-refractivity contribution in [2.45, 2.75) is 47.0 Å². The summed E-state index contributed by atoms with van der Waals surface area (Å²) in [5.74, 6) is 0.107. The van der Waals surface area contributed by atoms with Gasteiger partial charge in [-0.05, 0) is 57.0 Å². The van der Waals surface area contributed by atoms with Gasteiger partial charge in [-0.2, -0.15) is 0 Å². The van der Waals surface area contributed by atoms with Crippen LogP contribution >= 0.6 is 0 Å². The number of benzene rings is 1. The molecular weight excluding hydrogens is 248 g/mol. The van der Waals surface area contributed by atoms with Crippen LogP contribution in [0.15, 0.2) is 18.2 Å². The molecule has 0 saturated heterocycles. The van der Waals surface area contributed by atoms with E-state index in [-0.39, 0.29) is 5.91 Å². The van der Waals surface area contributed by atoms with Crippen LogP contribution in [-0.2, 0) is 4.79 Å². The molecule has 0 aliphatic rings. The Labute approximate surface area is 123 Å². The molecule has 1 amide bonds. The Kier molecular flexibility index (Phi) is 7.31. The molecule has 0 spiro atoms. The van der Waals surface area contributed by atoms with Gasteiger partial charge in [-0.15, -0.1) is 0 Å². The molecule has 0 radical (unpaired) electrons. The van der Waals surface area contributed by atoms with Crippen LogP contribution in [0.3, 0.4) is 0 Å². The average Bonchev–Trinajstić information content (AvgIpc) is 2.42. The van der Waals surface area contributed by atoms with Crippen molar-refractivity contribution in [2.75, 3.05) is 25.0 Å². The number of hydrogen-bond acceptors (Lipinski definition) is 2. The molecule has 0 heterocycles. The monoisotopic (exact) mass is 276 g/mol. The third-order valence-electron chi connectivity index (χ3n) is 3.61. The summed E-state index contributed by atoms with van der Waals surface area (Å²) in [4.78, 5) is 14.4. The van der Waals surface area contributed by atoms with Gasteiger partial charge in [0, 0.05) is 18.7 Å². The lowest BCUT2D eigenvalue weighted by Crippen LogP contribution is -2.29. The Morgan fingerprint density at radius 3 is 2.35 bits per heavy atom. The van der Waals surface area contributed by atoms with E-state index in [0.29, 0.717) is 6.42 Å². The molecule has 0 aliphatic carbocycles. The highest BCUT2D eigenvalue weighted by Gasteiger charge is 2.09. The van der Waals surface area contributed by atoms with Gasteiger partial charge >= 0.3 is 0 Å². The van der Waals surface area contributed by atoms with Crippen LogP contribution in [0.4, 0.5) is 5.69 Å². The highest BCUT2D eigenvalue weighted by Crippen LogP contribution is 2.18. The molecule has 0 bridgehead atoms. The molecule has 3 heteroatoms. The van der Waals surface area contributed by atoms with E-state index in [4.69, 9.17) is 0 Å². The van der Waals surface area contributed by atoms with Crippen LogP contribution in [0.1, 0.15) is 44.2 Å². The van der Waals surface area contributed by atoms with Gasteiger partial charge in [0.25, 0.3) is 0 Å². The third-order valence-corrected chi connectivity index (χ3v) is 3.61. The molecule has 1 N–H and O–H groups in total. The first-order valence-corrected chi connectivity index (χ1v) is 7.66. The van der Waals surface area contributed by atoms with E-state index in [1.807, 2.05) is 19.1 Å². The van der Waals surface area contributed by atoms with Crippen LogP contribution in [0.2, 0.25) is 0 Å². The number of amides is 1. The van der Waals surface area contributed by atoms with Gasteiger partial charge in [-0.3, -0.25) is 4.79 Å². The topological polar surface area (TPSA) is 32.3 Å². The smallest absolute Gasteiger partial charge is 0.225 e. The maximum absolute atomic E-state index is 12.1. The zero-order chi connectivity index (χ0) is 15.0. The maximum atomic E-state index is 12.1. The van der Waals surface area contributed by atoms with Crippen LogP contribution in [0.5, 0.6) is 0 Å². The van der Waals surface area contributed by atoms with Crippen LogP contribution in [-0.4, -0.2) is 30.4 Å². The minimum atomic E-state index is 0.107. The predicted molar refractivity (Wildman–Crippen MR) is 86.2 cm³/mol. The van der Waals surface area contributed by atoms with E-state index in [0.717, 1.165) is 43.7 Å². The van der Waals surface area contributed by atoms with Crippen molar-refractivity contribution in [3.8, 4) is 0 Å². The van der Waals surface area contributed by atoms with Crippen molar-refractivity contribution < 1.29 is 4.79 Å². The Morgan fingerprint density at radius 2 is 1.75 bits per heavy atom. The molecule has 0 saturated carbocycles. The maximum Gasteiger partial charge on any atom is 0.225 e. The number of nitrogens with one attached hydrogen (secondary N) is 1. The summed E-state index contributed by atoms with van der Waals surface area (Å²) >= 11 is 0. The summed E-state index contributed by atoms with van der Waals surface area (Å²) < 4.78 is 0. The standard InChI is InChI=1S/C17H28N2O/c1-5-11-19(12-6-2)13-10-17(20)18-16-9-7-8-14(3)15(16)4/h7-9H,5-6,10-13H2,1-4H3,(H,18,20). The first-order valence-electron chi connectivity index (χ1n) is 7.66. The van der Waals surface area contributed by atoms with E-state index >= 15 is 0 Å². The Balaban J connectivity index is 2.48.